The normalized spacial score (nSPS) is 11.4. The summed E-state index contributed by atoms with van der Waals surface area (Å²) in [6, 6.07) is 7.28. The second kappa shape index (κ2) is 5.83. The first-order chi connectivity index (χ1) is 7.57. The molecule has 1 rings (SSSR count). The predicted octanol–water partition coefficient (Wildman–Crippen LogP) is 0.672. The van der Waals surface area contributed by atoms with E-state index in [1.165, 1.54) is 7.05 Å². The van der Waals surface area contributed by atoms with Crippen molar-refractivity contribution in [1.29, 1.82) is 0 Å². The van der Waals surface area contributed by atoms with Crippen molar-refractivity contribution >= 4 is 15.9 Å². The molecule has 0 radical (unpaired) electrons. The molecule has 90 valence electrons. The van der Waals surface area contributed by atoms with Crippen LogP contribution in [-0.4, -0.2) is 22.0 Å². The number of anilines is 1. The molecule has 0 bridgehead atoms. The molecular weight excluding hydrogens is 226 g/mol. The third-order valence-electron chi connectivity index (χ3n) is 2.03. The van der Waals surface area contributed by atoms with Gasteiger partial charge in [-0.1, -0.05) is 19.1 Å². The molecule has 16 heavy (non-hydrogen) atoms. The van der Waals surface area contributed by atoms with E-state index in [-0.39, 0.29) is 0 Å². The SMILES string of the molecule is CCNCc1cccc(NS(=O)(=O)NC)c1. The maximum atomic E-state index is 11.3. The third kappa shape index (κ3) is 4.18. The van der Waals surface area contributed by atoms with Gasteiger partial charge in [0.1, 0.15) is 0 Å². The summed E-state index contributed by atoms with van der Waals surface area (Å²) in [4.78, 5) is 0. The quantitative estimate of drug-likeness (QED) is 0.688. The molecule has 1 aromatic rings. The van der Waals surface area contributed by atoms with Crippen molar-refractivity contribution in [3.05, 3.63) is 29.8 Å². The van der Waals surface area contributed by atoms with Crippen LogP contribution in [0.25, 0.3) is 0 Å². The monoisotopic (exact) mass is 243 g/mol. The number of hydrogen-bond donors (Lipinski definition) is 3. The van der Waals surface area contributed by atoms with Crippen LogP contribution in [0.5, 0.6) is 0 Å². The van der Waals surface area contributed by atoms with Gasteiger partial charge in [0.2, 0.25) is 0 Å². The molecule has 1 aromatic carbocycles. The molecule has 0 aromatic heterocycles. The summed E-state index contributed by atoms with van der Waals surface area (Å²) in [5.41, 5.74) is 1.60. The van der Waals surface area contributed by atoms with Crippen LogP contribution < -0.4 is 14.8 Å². The molecule has 0 aliphatic heterocycles. The molecule has 0 fully saturated rings. The standard InChI is InChI=1S/C10H17N3O2S/c1-3-12-8-9-5-4-6-10(7-9)13-16(14,15)11-2/h4-7,11-13H,3,8H2,1-2H3. The highest BCUT2D eigenvalue weighted by atomic mass is 32.2. The highest BCUT2D eigenvalue weighted by Gasteiger charge is 2.05. The minimum absolute atomic E-state index is 0.560. The van der Waals surface area contributed by atoms with Gasteiger partial charge in [-0.2, -0.15) is 8.42 Å². The summed E-state index contributed by atoms with van der Waals surface area (Å²) in [5, 5.41) is 3.18. The summed E-state index contributed by atoms with van der Waals surface area (Å²) in [6.07, 6.45) is 0. The molecule has 0 aliphatic rings. The van der Waals surface area contributed by atoms with Crippen molar-refractivity contribution in [2.24, 2.45) is 0 Å². The average molecular weight is 243 g/mol. The molecule has 0 unspecified atom stereocenters. The lowest BCUT2D eigenvalue weighted by Gasteiger charge is -2.08. The van der Waals surface area contributed by atoms with Gasteiger partial charge in [-0.25, -0.2) is 4.72 Å². The molecule has 0 atom stereocenters. The van der Waals surface area contributed by atoms with Gasteiger partial charge in [-0.05, 0) is 24.2 Å². The van der Waals surface area contributed by atoms with Crippen LogP contribution >= 0.6 is 0 Å². The summed E-state index contributed by atoms with van der Waals surface area (Å²) in [5.74, 6) is 0. The Bertz CT molecular complexity index is 431. The fourth-order valence-electron chi connectivity index (χ4n) is 1.22. The van der Waals surface area contributed by atoms with Crippen LogP contribution in [0.1, 0.15) is 12.5 Å². The zero-order valence-electron chi connectivity index (χ0n) is 9.45. The van der Waals surface area contributed by atoms with Crippen molar-refractivity contribution in [3.63, 3.8) is 0 Å². The molecule has 3 N–H and O–H groups in total. The predicted molar refractivity (Wildman–Crippen MR) is 65.4 cm³/mol. The fraction of sp³-hybridized carbons (Fsp3) is 0.400. The Labute approximate surface area is 96.4 Å². The molecule has 0 saturated heterocycles. The molecule has 0 spiro atoms. The molecule has 0 aliphatic carbocycles. The molecular formula is C10H17N3O2S. The largest absolute Gasteiger partial charge is 0.313 e. The van der Waals surface area contributed by atoms with Crippen LogP contribution in [0.4, 0.5) is 5.69 Å². The topological polar surface area (TPSA) is 70.2 Å². The van der Waals surface area contributed by atoms with Gasteiger partial charge in [-0.15, -0.1) is 0 Å². The maximum absolute atomic E-state index is 11.3. The lowest BCUT2D eigenvalue weighted by molar-refractivity contribution is 0.593. The van der Waals surface area contributed by atoms with Crippen molar-refractivity contribution in [3.8, 4) is 0 Å². The van der Waals surface area contributed by atoms with Gasteiger partial charge in [-0.3, -0.25) is 4.72 Å². The lowest BCUT2D eigenvalue weighted by atomic mass is 10.2. The van der Waals surface area contributed by atoms with Crippen LogP contribution in [0.2, 0.25) is 0 Å². The van der Waals surface area contributed by atoms with E-state index < -0.39 is 10.2 Å². The number of hydrogen-bond acceptors (Lipinski definition) is 3. The van der Waals surface area contributed by atoms with Crippen molar-refractivity contribution in [1.82, 2.24) is 10.0 Å². The highest BCUT2D eigenvalue weighted by Crippen LogP contribution is 2.11. The summed E-state index contributed by atoms with van der Waals surface area (Å²) in [6.45, 7) is 3.63. The summed E-state index contributed by atoms with van der Waals surface area (Å²) >= 11 is 0. The van der Waals surface area contributed by atoms with E-state index in [2.05, 4.69) is 14.8 Å². The first kappa shape index (κ1) is 13.0. The van der Waals surface area contributed by atoms with Gasteiger partial charge in [0.25, 0.3) is 10.2 Å². The van der Waals surface area contributed by atoms with Gasteiger partial charge < -0.3 is 5.32 Å². The minimum atomic E-state index is -3.43. The fourth-order valence-corrected chi connectivity index (χ4v) is 1.76. The average Bonchev–Trinajstić information content (AvgIpc) is 2.26. The van der Waals surface area contributed by atoms with E-state index in [1.54, 1.807) is 12.1 Å². The first-order valence-corrected chi connectivity index (χ1v) is 6.56. The van der Waals surface area contributed by atoms with Crippen molar-refractivity contribution in [2.45, 2.75) is 13.5 Å². The third-order valence-corrected chi connectivity index (χ3v) is 3.07. The van der Waals surface area contributed by atoms with Crippen LogP contribution in [0.15, 0.2) is 24.3 Å². The smallest absolute Gasteiger partial charge is 0.298 e. The van der Waals surface area contributed by atoms with Crippen LogP contribution in [-0.2, 0) is 16.8 Å². The Morgan fingerprint density at radius 1 is 1.31 bits per heavy atom. The lowest BCUT2D eigenvalue weighted by Crippen LogP contribution is -2.26. The van der Waals surface area contributed by atoms with E-state index in [9.17, 15) is 8.42 Å². The Hall–Kier alpha value is -1.11. The molecule has 0 amide bonds. The Morgan fingerprint density at radius 2 is 2.06 bits per heavy atom. The zero-order valence-corrected chi connectivity index (χ0v) is 10.3. The van der Waals surface area contributed by atoms with Crippen molar-refractivity contribution < 1.29 is 8.42 Å². The van der Waals surface area contributed by atoms with E-state index in [4.69, 9.17) is 0 Å². The summed E-state index contributed by atoms with van der Waals surface area (Å²) in [7, 11) is -2.06. The number of rotatable bonds is 6. The van der Waals surface area contributed by atoms with Crippen LogP contribution in [0, 0.1) is 0 Å². The second-order valence-electron chi connectivity index (χ2n) is 3.29. The highest BCUT2D eigenvalue weighted by molar-refractivity contribution is 7.90. The number of nitrogens with one attached hydrogen (secondary N) is 3. The van der Waals surface area contributed by atoms with Gasteiger partial charge >= 0.3 is 0 Å². The zero-order chi connectivity index (χ0) is 12.0. The Balaban J connectivity index is 2.75. The van der Waals surface area contributed by atoms with Gasteiger partial charge in [0, 0.05) is 13.6 Å². The molecule has 0 heterocycles. The van der Waals surface area contributed by atoms with E-state index in [0.29, 0.717) is 5.69 Å². The van der Waals surface area contributed by atoms with Crippen molar-refractivity contribution in [2.75, 3.05) is 18.3 Å². The Morgan fingerprint density at radius 3 is 2.69 bits per heavy atom. The minimum Gasteiger partial charge on any atom is -0.313 e. The van der Waals surface area contributed by atoms with Gasteiger partial charge in [0.05, 0.1) is 5.69 Å². The molecule has 6 heteroatoms. The van der Waals surface area contributed by atoms with Gasteiger partial charge in [0.15, 0.2) is 0 Å². The van der Waals surface area contributed by atoms with E-state index >= 15 is 0 Å². The van der Waals surface area contributed by atoms with E-state index in [0.717, 1.165) is 18.7 Å². The van der Waals surface area contributed by atoms with Crippen LogP contribution in [0.3, 0.4) is 0 Å². The summed E-state index contributed by atoms with van der Waals surface area (Å²) < 4.78 is 27.1. The maximum Gasteiger partial charge on any atom is 0.298 e. The first-order valence-electron chi connectivity index (χ1n) is 5.08. The second-order valence-corrected chi connectivity index (χ2v) is 4.91. The van der Waals surface area contributed by atoms with E-state index in [1.807, 2.05) is 19.1 Å². The Kier molecular flexibility index (Phi) is 4.72. The number of benzene rings is 1. The molecule has 5 nitrogen and oxygen atoms in total. The molecule has 0 saturated carbocycles.